The minimum Gasteiger partial charge on any atom is -0.497 e. The van der Waals surface area contributed by atoms with E-state index < -0.39 is 6.10 Å². The van der Waals surface area contributed by atoms with Crippen LogP contribution >= 0.6 is 0 Å². The molecule has 3 heteroatoms. The van der Waals surface area contributed by atoms with Gasteiger partial charge < -0.3 is 14.6 Å². The third-order valence-electron chi connectivity index (χ3n) is 3.67. The first-order valence-electron chi connectivity index (χ1n) is 6.83. The van der Waals surface area contributed by atoms with Crippen molar-refractivity contribution in [3.05, 3.63) is 59.7 Å². The fraction of sp³-hybridized carbons (Fsp3) is 0.294. The van der Waals surface area contributed by atoms with Crippen LogP contribution in [-0.4, -0.2) is 18.3 Å². The maximum Gasteiger partial charge on any atom is 0.129 e. The molecule has 0 saturated heterocycles. The summed E-state index contributed by atoms with van der Waals surface area (Å²) in [7, 11) is 1.63. The molecule has 3 nitrogen and oxygen atoms in total. The van der Waals surface area contributed by atoms with Gasteiger partial charge in [-0.2, -0.15) is 0 Å². The number of ether oxygens (including phenoxy) is 2. The fourth-order valence-electron chi connectivity index (χ4n) is 2.62. The smallest absolute Gasteiger partial charge is 0.129 e. The second kappa shape index (κ2) is 5.55. The zero-order valence-electron chi connectivity index (χ0n) is 11.5. The standard InChI is InChI=1S/C17H18O3/c1-19-13-7-8-15-16(18)10-14(20-17(15)11-13)9-12-5-3-2-4-6-12/h2-8,11,14,16,18H,9-10H2,1H3. The first-order valence-corrected chi connectivity index (χ1v) is 6.83. The molecule has 1 aliphatic rings. The van der Waals surface area contributed by atoms with Gasteiger partial charge in [0.05, 0.1) is 13.2 Å². The third kappa shape index (κ3) is 2.63. The lowest BCUT2D eigenvalue weighted by atomic mass is 9.95. The van der Waals surface area contributed by atoms with E-state index in [0.717, 1.165) is 23.5 Å². The van der Waals surface area contributed by atoms with Crippen molar-refractivity contribution in [2.24, 2.45) is 0 Å². The van der Waals surface area contributed by atoms with E-state index in [-0.39, 0.29) is 6.10 Å². The number of rotatable bonds is 3. The fourth-order valence-corrected chi connectivity index (χ4v) is 2.62. The van der Waals surface area contributed by atoms with Crippen molar-refractivity contribution in [2.75, 3.05) is 7.11 Å². The molecule has 0 radical (unpaired) electrons. The zero-order valence-corrected chi connectivity index (χ0v) is 11.5. The maximum absolute atomic E-state index is 10.3. The van der Waals surface area contributed by atoms with Crippen molar-refractivity contribution in [2.45, 2.75) is 25.0 Å². The Kier molecular flexibility index (Phi) is 3.61. The van der Waals surface area contributed by atoms with Gasteiger partial charge in [-0.05, 0) is 17.7 Å². The Morgan fingerprint density at radius 3 is 2.75 bits per heavy atom. The molecule has 20 heavy (non-hydrogen) atoms. The normalized spacial score (nSPS) is 20.9. The number of hydrogen-bond donors (Lipinski definition) is 1. The first-order chi connectivity index (χ1) is 9.76. The summed E-state index contributed by atoms with van der Waals surface area (Å²) in [6.07, 6.45) is 0.938. The van der Waals surface area contributed by atoms with Crippen molar-refractivity contribution in [1.82, 2.24) is 0 Å². The maximum atomic E-state index is 10.3. The van der Waals surface area contributed by atoms with Crippen molar-refractivity contribution >= 4 is 0 Å². The highest BCUT2D eigenvalue weighted by Gasteiger charge is 2.27. The average Bonchev–Trinajstić information content (AvgIpc) is 2.47. The van der Waals surface area contributed by atoms with E-state index in [1.54, 1.807) is 7.11 Å². The molecule has 0 aromatic heterocycles. The summed E-state index contributed by atoms with van der Waals surface area (Å²) < 4.78 is 11.2. The lowest BCUT2D eigenvalue weighted by molar-refractivity contribution is 0.0660. The van der Waals surface area contributed by atoms with E-state index in [0.29, 0.717) is 6.42 Å². The van der Waals surface area contributed by atoms with Crippen molar-refractivity contribution < 1.29 is 14.6 Å². The SMILES string of the molecule is COc1ccc2c(c1)OC(Cc1ccccc1)CC2O. The topological polar surface area (TPSA) is 38.7 Å². The number of aliphatic hydroxyl groups is 1. The van der Waals surface area contributed by atoms with Crippen LogP contribution in [0.15, 0.2) is 48.5 Å². The van der Waals surface area contributed by atoms with Crippen LogP contribution in [0.25, 0.3) is 0 Å². The average molecular weight is 270 g/mol. The van der Waals surface area contributed by atoms with Gasteiger partial charge in [-0.1, -0.05) is 30.3 Å². The van der Waals surface area contributed by atoms with Gasteiger partial charge in [-0.25, -0.2) is 0 Å². The van der Waals surface area contributed by atoms with Gasteiger partial charge in [-0.3, -0.25) is 0 Å². The first kappa shape index (κ1) is 13.0. The van der Waals surface area contributed by atoms with Gasteiger partial charge in [0.15, 0.2) is 0 Å². The monoisotopic (exact) mass is 270 g/mol. The lowest BCUT2D eigenvalue weighted by Crippen LogP contribution is -2.27. The van der Waals surface area contributed by atoms with Crippen LogP contribution in [0.2, 0.25) is 0 Å². The highest BCUT2D eigenvalue weighted by Crippen LogP contribution is 2.37. The quantitative estimate of drug-likeness (QED) is 0.931. The summed E-state index contributed by atoms with van der Waals surface area (Å²) in [5, 5.41) is 10.3. The summed E-state index contributed by atoms with van der Waals surface area (Å²) in [6.45, 7) is 0. The predicted octanol–water partition coefficient (Wildman–Crippen LogP) is 3.12. The van der Waals surface area contributed by atoms with Crippen LogP contribution in [0.1, 0.15) is 23.7 Å². The summed E-state index contributed by atoms with van der Waals surface area (Å²) in [5.41, 5.74) is 2.06. The molecular weight excluding hydrogens is 252 g/mol. The van der Waals surface area contributed by atoms with Gasteiger partial charge in [0, 0.05) is 24.5 Å². The molecule has 1 N–H and O–H groups in total. The van der Waals surface area contributed by atoms with Crippen LogP contribution in [0.5, 0.6) is 11.5 Å². The highest BCUT2D eigenvalue weighted by atomic mass is 16.5. The van der Waals surface area contributed by atoms with Crippen molar-refractivity contribution in [3.8, 4) is 11.5 Å². The highest BCUT2D eigenvalue weighted by molar-refractivity contribution is 5.43. The number of hydrogen-bond acceptors (Lipinski definition) is 3. The number of benzene rings is 2. The van der Waals surface area contributed by atoms with Crippen molar-refractivity contribution in [1.29, 1.82) is 0 Å². The van der Waals surface area contributed by atoms with Crippen LogP contribution in [-0.2, 0) is 6.42 Å². The molecule has 0 saturated carbocycles. The third-order valence-corrected chi connectivity index (χ3v) is 3.67. The number of fused-ring (bicyclic) bond motifs is 1. The van der Waals surface area contributed by atoms with Gasteiger partial charge in [0.2, 0.25) is 0 Å². The van der Waals surface area contributed by atoms with E-state index in [2.05, 4.69) is 12.1 Å². The molecule has 104 valence electrons. The van der Waals surface area contributed by atoms with E-state index >= 15 is 0 Å². The van der Waals surface area contributed by atoms with Gasteiger partial charge >= 0.3 is 0 Å². The zero-order chi connectivity index (χ0) is 13.9. The summed E-state index contributed by atoms with van der Waals surface area (Å²) in [4.78, 5) is 0. The molecule has 1 aliphatic heterocycles. The van der Waals surface area contributed by atoms with E-state index in [1.807, 2.05) is 36.4 Å². The second-order valence-corrected chi connectivity index (χ2v) is 5.08. The van der Waals surface area contributed by atoms with Crippen LogP contribution in [0, 0.1) is 0 Å². The number of aliphatic hydroxyl groups excluding tert-OH is 1. The molecule has 0 aliphatic carbocycles. The molecule has 2 atom stereocenters. The molecule has 1 heterocycles. The van der Waals surface area contributed by atoms with Crippen LogP contribution < -0.4 is 9.47 Å². The molecule has 0 spiro atoms. The Bertz CT molecular complexity index is 580. The van der Waals surface area contributed by atoms with Crippen LogP contribution in [0.3, 0.4) is 0 Å². The molecule has 3 rings (SSSR count). The molecule has 0 bridgehead atoms. The second-order valence-electron chi connectivity index (χ2n) is 5.08. The Morgan fingerprint density at radius 2 is 2.00 bits per heavy atom. The Balaban J connectivity index is 1.80. The van der Waals surface area contributed by atoms with E-state index in [9.17, 15) is 5.11 Å². The predicted molar refractivity (Wildman–Crippen MR) is 77.1 cm³/mol. The summed E-state index contributed by atoms with van der Waals surface area (Å²) in [6, 6.07) is 15.8. The summed E-state index contributed by atoms with van der Waals surface area (Å²) >= 11 is 0. The van der Waals surface area contributed by atoms with Gasteiger partial charge in [-0.15, -0.1) is 0 Å². The molecule has 2 unspecified atom stereocenters. The van der Waals surface area contributed by atoms with Crippen molar-refractivity contribution in [3.63, 3.8) is 0 Å². The molecular formula is C17H18O3. The Labute approximate surface area is 118 Å². The summed E-state index contributed by atoms with van der Waals surface area (Å²) in [5.74, 6) is 1.47. The minimum atomic E-state index is -0.474. The Hall–Kier alpha value is -2.00. The Morgan fingerprint density at radius 1 is 1.20 bits per heavy atom. The van der Waals surface area contributed by atoms with E-state index in [1.165, 1.54) is 5.56 Å². The number of methoxy groups -OCH3 is 1. The largest absolute Gasteiger partial charge is 0.497 e. The molecule has 0 amide bonds. The van der Waals surface area contributed by atoms with Crippen LogP contribution in [0.4, 0.5) is 0 Å². The van der Waals surface area contributed by atoms with Gasteiger partial charge in [0.1, 0.15) is 17.6 Å². The molecule has 0 fully saturated rings. The molecule has 2 aromatic carbocycles. The minimum absolute atomic E-state index is 0.00740. The van der Waals surface area contributed by atoms with Gasteiger partial charge in [0.25, 0.3) is 0 Å². The molecule has 2 aromatic rings. The van der Waals surface area contributed by atoms with E-state index in [4.69, 9.17) is 9.47 Å². The lowest BCUT2D eigenvalue weighted by Gasteiger charge is -2.30.